The van der Waals surface area contributed by atoms with Crippen molar-refractivity contribution in [2.75, 3.05) is 5.73 Å². The van der Waals surface area contributed by atoms with E-state index in [0.717, 1.165) is 17.0 Å². The van der Waals surface area contributed by atoms with Gasteiger partial charge in [-0.05, 0) is 30.7 Å². The molecule has 0 bridgehead atoms. The molecule has 2 heterocycles. The number of allylic oxidation sites excluding steroid dienone is 1. The maximum absolute atomic E-state index is 5.70. The Kier molecular flexibility index (Phi) is 2.33. The Morgan fingerprint density at radius 3 is 2.93 bits per heavy atom. The molecule has 2 aromatic rings. The predicted molar refractivity (Wildman–Crippen MR) is 59.9 cm³/mol. The molecule has 0 amide bonds. The number of aryl methyl sites for hydroxylation is 1. The van der Waals surface area contributed by atoms with E-state index < -0.39 is 0 Å². The van der Waals surface area contributed by atoms with Gasteiger partial charge in [0, 0.05) is 13.1 Å². The van der Waals surface area contributed by atoms with Crippen molar-refractivity contribution < 1.29 is 4.42 Å². The molecule has 0 fully saturated rings. The highest BCUT2D eigenvalue weighted by Crippen LogP contribution is 2.18. The molecule has 0 radical (unpaired) electrons. The summed E-state index contributed by atoms with van der Waals surface area (Å²) in [5.74, 6) is 1.47. The van der Waals surface area contributed by atoms with Crippen LogP contribution in [-0.2, 0) is 7.05 Å². The van der Waals surface area contributed by atoms with Gasteiger partial charge in [0.05, 0.1) is 12.0 Å². The highest BCUT2D eigenvalue weighted by Gasteiger charge is 2.04. The van der Waals surface area contributed by atoms with Crippen molar-refractivity contribution in [1.29, 1.82) is 0 Å². The highest BCUT2D eigenvalue weighted by molar-refractivity contribution is 5.77. The van der Waals surface area contributed by atoms with Gasteiger partial charge in [0.2, 0.25) is 0 Å². The van der Waals surface area contributed by atoms with Crippen molar-refractivity contribution >= 4 is 17.5 Å². The second-order valence-electron chi connectivity index (χ2n) is 3.42. The van der Waals surface area contributed by atoms with Crippen LogP contribution in [-0.4, -0.2) is 9.78 Å². The Bertz CT molecular complexity index is 460. The van der Waals surface area contributed by atoms with Crippen LogP contribution in [0.1, 0.15) is 18.4 Å². The molecule has 0 aliphatic heterocycles. The van der Waals surface area contributed by atoms with E-state index in [1.165, 1.54) is 0 Å². The van der Waals surface area contributed by atoms with Crippen LogP contribution in [0.15, 0.2) is 28.9 Å². The minimum atomic E-state index is 0.650. The first-order valence-electron chi connectivity index (χ1n) is 4.68. The topological polar surface area (TPSA) is 57.0 Å². The van der Waals surface area contributed by atoms with Crippen LogP contribution in [0.2, 0.25) is 0 Å². The highest BCUT2D eigenvalue weighted by atomic mass is 16.3. The lowest BCUT2D eigenvalue weighted by atomic mass is 10.2. The number of furan rings is 1. The first-order valence-corrected chi connectivity index (χ1v) is 4.68. The lowest BCUT2D eigenvalue weighted by Crippen LogP contribution is -1.96. The number of rotatable bonds is 2. The predicted octanol–water partition coefficient (Wildman–Crippen LogP) is 2.16. The number of anilines is 1. The van der Waals surface area contributed by atoms with Crippen LogP contribution in [0, 0.1) is 0 Å². The van der Waals surface area contributed by atoms with Crippen LogP contribution in [0.4, 0.5) is 5.82 Å². The largest absolute Gasteiger partial charge is 0.465 e. The molecule has 0 spiro atoms. The fraction of sp³-hybridized carbons (Fsp3) is 0.182. The average Bonchev–Trinajstić information content (AvgIpc) is 2.78. The van der Waals surface area contributed by atoms with Gasteiger partial charge in [-0.1, -0.05) is 0 Å². The third-order valence-electron chi connectivity index (χ3n) is 2.22. The zero-order valence-corrected chi connectivity index (χ0v) is 8.77. The van der Waals surface area contributed by atoms with Crippen molar-refractivity contribution in [1.82, 2.24) is 9.78 Å². The second kappa shape index (κ2) is 3.65. The summed E-state index contributed by atoms with van der Waals surface area (Å²) in [5.41, 5.74) is 7.59. The number of hydrogen-bond donors (Lipinski definition) is 1. The zero-order chi connectivity index (χ0) is 10.8. The Balaban J connectivity index is 2.32. The van der Waals surface area contributed by atoms with Gasteiger partial charge >= 0.3 is 0 Å². The van der Waals surface area contributed by atoms with Crippen LogP contribution >= 0.6 is 0 Å². The Labute approximate surface area is 88.0 Å². The maximum atomic E-state index is 5.70. The van der Waals surface area contributed by atoms with E-state index in [0.29, 0.717) is 5.82 Å². The van der Waals surface area contributed by atoms with Gasteiger partial charge < -0.3 is 10.2 Å². The van der Waals surface area contributed by atoms with Gasteiger partial charge in [0.1, 0.15) is 11.6 Å². The van der Waals surface area contributed by atoms with E-state index in [4.69, 9.17) is 10.2 Å². The van der Waals surface area contributed by atoms with Crippen LogP contribution < -0.4 is 5.73 Å². The monoisotopic (exact) mass is 203 g/mol. The number of nitrogen functional groups attached to an aromatic ring is 1. The molecular formula is C11H13N3O. The van der Waals surface area contributed by atoms with Gasteiger partial charge in [-0.3, -0.25) is 4.68 Å². The smallest absolute Gasteiger partial charge is 0.126 e. The molecule has 0 unspecified atom stereocenters. The Morgan fingerprint density at radius 2 is 2.40 bits per heavy atom. The first kappa shape index (κ1) is 9.58. The summed E-state index contributed by atoms with van der Waals surface area (Å²) < 4.78 is 6.87. The third-order valence-corrected chi connectivity index (χ3v) is 2.22. The summed E-state index contributed by atoms with van der Waals surface area (Å²) in [6, 6.07) is 5.59. The van der Waals surface area contributed by atoms with Crippen molar-refractivity contribution in [3.63, 3.8) is 0 Å². The van der Waals surface area contributed by atoms with E-state index >= 15 is 0 Å². The number of hydrogen-bond acceptors (Lipinski definition) is 3. The van der Waals surface area contributed by atoms with E-state index in [-0.39, 0.29) is 0 Å². The molecule has 78 valence electrons. The first-order chi connectivity index (χ1) is 7.16. The summed E-state index contributed by atoms with van der Waals surface area (Å²) in [5, 5.41) is 4.27. The number of aromatic nitrogens is 2. The standard InChI is InChI=1S/C11H13N3O/c1-8(6-9-4-3-5-15-9)10-7-11(12)14(2)13-10/h3-7H,12H2,1-2H3/b8-6+. The molecular weight excluding hydrogens is 190 g/mol. The van der Waals surface area contributed by atoms with Gasteiger partial charge in [-0.15, -0.1) is 0 Å². The molecule has 0 aliphatic carbocycles. The van der Waals surface area contributed by atoms with Crippen LogP contribution in [0.5, 0.6) is 0 Å². The molecule has 4 heteroatoms. The molecule has 0 aromatic carbocycles. The number of nitrogens with zero attached hydrogens (tertiary/aromatic N) is 2. The molecule has 0 aliphatic rings. The molecule has 2 aromatic heterocycles. The third kappa shape index (κ3) is 1.93. The van der Waals surface area contributed by atoms with Crippen molar-refractivity contribution in [2.24, 2.45) is 7.05 Å². The zero-order valence-electron chi connectivity index (χ0n) is 8.77. The van der Waals surface area contributed by atoms with E-state index in [9.17, 15) is 0 Å². The minimum Gasteiger partial charge on any atom is -0.465 e. The second-order valence-corrected chi connectivity index (χ2v) is 3.42. The molecule has 2 N–H and O–H groups in total. The average molecular weight is 203 g/mol. The van der Waals surface area contributed by atoms with Crippen LogP contribution in [0.3, 0.4) is 0 Å². The maximum Gasteiger partial charge on any atom is 0.126 e. The fourth-order valence-electron chi connectivity index (χ4n) is 1.34. The van der Waals surface area contributed by atoms with E-state index in [2.05, 4.69) is 5.10 Å². The minimum absolute atomic E-state index is 0.650. The van der Waals surface area contributed by atoms with Crippen LogP contribution in [0.25, 0.3) is 11.6 Å². The van der Waals surface area contributed by atoms with Gasteiger partial charge in [0.25, 0.3) is 0 Å². The summed E-state index contributed by atoms with van der Waals surface area (Å²) in [6.45, 7) is 1.98. The lowest BCUT2D eigenvalue weighted by Gasteiger charge is -1.93. The van der Waals surface area contributed by atoms with Crippen molar-refractivity contribution in [3.05, 3.63) is 35.9 Å². The summed E-state index contributed by atoms with van der Waals surface area (Å²) in [7, 11) is 1.82. The van der Waals surface area contributed by atoms with E-state index in [1.54, 1.807) is 10.9 Å². The van der Waals surface area contributed by atoms with Crippen molar-refractivity contribution in [3.8, 4) is 0 Å². The molecule has 0 atom stereocenters. The fourth-order valence-corrected chi connectivity index (χ4v) is 1.34. The van der Waals surface area contributed by atoms with Gasteiger partial charge in [-0.25, -0.2) is 0 Å². The SMILES string of the molecule is C/C(=C\c1ccco1)c1cc(N)n(C)n1. The normalized spacial score (nSPS) is 12.0. The molecule has 0 saturated carbocycles. The summed E-state index contributed by atoms with van der Waals surface area (Å²) in [4.78, 5) is 0. The lowest BCUT2D eigenvalue weighted by molar-refractivity contribution is 0.557. The van der Waals surface area contributed by atoms with Gasteiger partial charge in [0.15, 0.2) is 0 Å². The molecule has 4 nitrogen and oxygen atoms in total. The quantitative estimate of drug-likeness (QED) is 0.813. The Morgan fingerprint density at radius 1 is 1.60 bits per heavy atom. The van der Waals surface area contributed by atoms with Crippen molar-refractivity contribution in [2.45, 2.75) is 6.92 Å². The molecule has 2 rings (SSSR count). The summed E-state index contributed by atoms with van der Waals surface area (Å²) >= 11 is 0. The number of nitrogens with two attached hydrogens (primary N) is 1. The van der Waals surface area contributed by atoms with E-state index in [1.807, 2.05) is 38.2 Å². The van der Waals surface area contributed by atoms with Gasteiger partial charge in [-0.2, -0.15) is 5.10 Å². The summed E-state index contributed by atoms with van der Waals surface area (Å²) in [6.07, 6.45) is 3.58. The Hall–Kier alpha value is -1.97. The molecule has 0 saturated heterocycles. The molecule has 15 heavy (non-hydrogen) atoms.